The Balaban J connectivity index is 1.68. The van der Waals surface area contributed by atoms with E-state index >= 15 is 8.78 Å². The lowest BCUT2D eigenvalue weighted by Gasteiger charge is -2.29. The molecule has 1 heterocycles. The molecule has 1 saturated carbocycles. The van der Waals surface area contributed by atoms with Gasteiger partial charge in [0.05, 0.1) is 43.7 Å². The van der Waals surface area contributed by atoms with E-state index in [0.717, 1.165) is 60.2 Å². The van der Waals surface area contributed by atoms with Crippen LogP contribution >= 0.6 is 0 Å². The number of aromatic nitrogens is 1. The highest BCUT2D eigenvalue weighted by Crippen LogP contribution is 2.42. The molecule has 0 saturated heterocycles. The number of nitrogens with zero attached hydrogens (tertiary/aromatic N) is 3. The highest BCUT2D eigenvalue weighted by Gasteiger charge is 2.40. The van der Waals surface area contributed by atoms with Crippen LogP contribution in [0.5, 0.6) is 5.75 Å². The molecule has 5 rings (SSSR count). The molecule has 294 valence electrons. The molecule has 3 aromatic carbocycles. The third kappa shape index (κ3) is 8.75. The van der Waals surface area contributed by atoms with Crippen molar-refractivity contribution in [3.63, 3.8) is 0 Å². The first kappa shape index (κ1) is 41.1. The van der Waals surface area contributed by atoms with E-state index in [1.54, 1.807) is 12.1 Å². The van der Waals surface area contributed by atoms with E-state index in [1.807, 2.05) is 26.8 Å². The molecule has 18 heteroatoms. The molecule has 1 aromatic heterocycles. The molecular formula is C37H33F8N3O6S. The fourth-order valence-electron chi connectivity index (χ4n) is 5.73. The molecule has 1 fully saturated rings. The fourth-order valence-corrected chi connectivity index (χ4v) is 7.20. The lowest BCUT2D eigenvalue weighted by Crippen LogP contribution is -2.43. The molecule has 1 N–H and O–H groups in total. The van der Waals surface area contributed by atoms with Crippen LogP contribution in [0.15, 0.2) is 59.5 Å². The quantitative estimate of drug-likeness (QED) is 0.0875. The fraction of sp³-hybridized carbons (Fsp3) is 0.324. The number of halogens is 8. The van der Waals surface area contributed by atoms with Crippen LogP contribution in [0.25, 0.3) is 0 Å². The zero-order chi connectivity index (χ0) is 40.8. The summed E-state index contributed by atoms with van der Waals surface area (Å²) in [7, 11) is -4.81. The molecule has 1 aliphatic carbocycles. The first-order valence-electron chi connectivity index (χ1n) is 16.4. The summed E-state index contributed by atoms with van der Waals surface area (Å²) in [4.78, 5) is 28.2. The number of alkyl halides is 3. The summed E-state index contributed by atoms with van der Waals surface area (Å²) in [5.41, 5.74) is -0.723. The average molecular weight is 800 g/mol. The summed E-state index contributed by atoms with van der Waals surface area (Å²) < 4.78 is 147. The number of carbonyl (C=O) groups is 2. The topological polar surface area (TPSA) is 117 Å². The zero-order valence-corrected chi connectivity index (χ0v) is 30.4. The number of amides is 1. The Kier molecular flexibility index (Phi) is 11.4. The average Bonchev–Trinajstić information content (AvgIpc) is 3.97. The van der Waals surface area contributed by atoms with E-state index in [1.165, 1.54) is 6.07 Å². The number of anilines is 1. The van der Waals surface area contributed by atoms with Gasteiger partial charge in [-0.25, -0.2) is 40.1 Å². The van der Waals surface area contributed by atoms with Crippen molar-refractivity contribution in [3.05, 3.63) is 117 Å². The first-order valence-corrected chi connectivity index (χ1v) is 17.9. The van der Waals surface area contributed by atoms with E-state index in [0.29, 0.717) is 11.6 Å². The monoisotopic (exact) mass is 799 g/mol. The van der Waals surface area contributed by atoms with Crippen LogP contribution in [0, 0.1) is 29.1 Å². The normalized spacial score (nSPS) is 13.6. The van der Waals surface area contributed by atoms with Gasteiger partial charge in [-0.2, -0.15) is 17.5 Å². The number of carboxylic acids is 1. The van der Waals surface area contributed by atoms with Crippen molar-refractivity contribution >= 4 is 27.6 Å². The lowest BCUT2D eigenvalue weighted by molar-refractivity contribution is -0.141. The first-order chi connectivity index (χ1) is 25.5. The second-order valence-corrected chi connectivity index (χ2v) is 15.7. The minimum Gasteiger partial charge on any atom is -0.495 e. The number of rotatable bonds is 12. The Morgan fingerprint density at radius 1 is 0.873 bits per heavy atom. The number of pyridine rings is 1. The summed E-state index contributed by atoms with van der Waals surface area (Å²) in [6.07, 6.45) is -3.25. The summed E-state index contributed by atoms with van der Waals surface area (Å²) in [6.45, 7) is 2.71. The molecule has 1 amide bonds. The maximum Gasteiger partial charge on any atom is 0.433 e. The standard InChI is InChI=1S/C37H33F8N3O6S/c1-36(2,3)23-13-19(12-22(14-23)20-8-9-20)16-48(25-11-10-21(35(50)51)15-26(25)54-4)28(49)18-47(17-24-6-5-7-27(46-24)37(43,44)45)55(52,53)34-32(41)30(39)29(38)31(40)33(34)42/h5-7,10-15,20H,8-9,16-18H2,1-4H3,(H,50,51). The predicted octanol–water partition coefficient (Wildman–Crippen LogP) is 8.10. The molecule has 55 heavy (non-hydrogen) atoms. The molecule has 1 aliphatic rings. The van der Waals surface area contributed by atoms with Crippen LogP contribution in [0.1, 0.15) is 78.0 Å². The van der Waals surface area contributed by atoms with Crippen molar-refractivity contribution < 1.29 is 63.0 Å². The highest BCUT2D eigenvalue weighted by atomic mass is 32.2. The Morgan fingerprint density at radius 3 is 2.04 bits per heavy atom. The van der Waals surface area contributed by atoms with Gasteiger partial charge in [0.25, 0.3) is 0 Å². The van der Waals surface area contributed by atoms with Gasteiger partial charge in [-0.1, -0.05) is 45.0 Å². The third-order valence-electron chi connectivity index (χ3n) is 8.80. The molecule has 0 spiro atoms. The van der Waals surface area contributed by atoms with Gasteiger partial charge in [0.2, 0.25) is 21.7 Å². The highest BCUT2D eigenvalue weighted by molar-refractivity contribution is 7.89. The van der Waals surface area contributed by atoms with Crippen LogP contribution in [-0.2, 0) is 39.5 Å². The summed E-state index contributed by atoms with van der Waals surface area (Å²) in [5.74, 6) is -16.1. The molecule has 0 radical (unpaired) electrons. The number of aromatic carboxylic acids is 1. The van der Waals surface area contributed by atoms with Crippen LogP contribution in [0.3, 0.4) is 0 Å². The molecule has 4 aromatic rings. The number of methoxy groups -OCH3 is 1. The van der Waals surface area contributed by atoms with Gasteiger partial charge in [0.1, 0.15) is 11.4 Å². The van der Waals surface area contributed by atoms with E-state index in [9.17, 15) is 49.5 Å². The van der Waals surface area contributed by atoms with Crippen LogP contribution < -0.4 is 9.64 Å². The Bertz CT molecular complexity index is 2250. The van der Waals surface area contributed by atoms with Crippen molar-refractivity contribution in [1.29, 1.82) is 0 Å². The number of hydrogen-bond acceptors (Lipinski definition) is 6. The Morgan fingerprint density at radius 2 is 1.49 bits per heavy atom. The Hall–Kier alpha value is -5.10. The second-order valence-electron chi connectivity index (χ2n) is 13.8. The van der Waals surface area contributed by atoms with Crippen molar-refractivity contribution in [3.8, 4) is 5.75 Å². The zero-order valence-electron chi connectivity index (χ0n) is 29.6. The van der Waals surface area contributed by atoms with E-state index < -0.39 is 92.0 Å². The van der Waals surface area contributed by atoms with Gasteiger partial charge in [-0.3, -0.25) is 4.79 Å². The minimum atomic E-state index is -5.96. The lowest BCUT2D eigenvalue weighted by atomic mass is 9.84. The SMILES string of the molecule is COc1cc(C(=O)O)ccc1N(Cc1cc(C2CC2)cc(C(C)(C)C)c1)C(=O)CN(Cc1cccc(C(F)(F)F)n1)S(=O)(=O)c1c(F)c(F)c(F)c(F)c1F. The minimum absolute atomic E-state index is 0.0671. The van der Waals surface area contributed by atoms with E-state index in [4.69, 9.17) is 4.74 Å². The maximum atomic E-state index is 15.1. The van der Waals surface area contributed by atoms with Gasteiger partial charge >= 0.3 is 12.1 Å². The number of carboxylic acid groups (broad SMARTS) is 1. The number of carbonyl (C=O) groups excluding carboxylic acids is 1. The van der Waals surface area contributed by atoms with Gasteiger partial charge in [-0.05, 0) is 71.2 Å². The number of ether oxygens (including phenoxy) is 1. The van der Waals surface area contributed by atoms with Gasteiger partial charge < -0.3 is 14.7 Å². The van der Waals surface area contributed by atoms with E-state index in [-0.39, 0.29) is 33.8 Å². The van der Waals surface area contributed by atoms with Crippen LogP contribution in [-0.4, -0.2) is 48.3 Å². The van der Waals surface area contributed by atoms with E-state index in [2.05, 4.69) is 4.98 Å². The smallest absolute Gasteiger partial charge is 0.433 e. The summed E-state index contributed by atoms with van der Waals surface area (Å²) >= 11 is 0. The molecule has 9 nitrogen and oxygen atoms in total. The van der Waals surface area contributed by atoms with Gasteiger partial charge in [0, 0.05) is 0 Å². The number of sulfonamides is 1. The van der Waals surface area contributed by atoms with Crippen molar-refractivity contribution in [1.82, 2.24) is 9.29 Å². The number of benzene rings is 3. The van der Waals surface area contributed by atoms with Crippen molar-refractivity contribution in [2.45, 2.75) is 69.1 Å². The van der Waals surface area contributed by atoms with Crippen molar-refractivity contribution in [2.75, 3.05) is 18.6 Å². The molecule has 0 bridgehead atoms. The molecule has 0 unspecified atom stereocenters. The molecule has 0 atom stereocenters. The Labute approximate surface area is 310 Å². The summed E-state index contributed by atoms with van der Waals surface area (Å²) in [5, 5.41) is 9.58. The molecule has 0 aliphatic heterocycles. The second kappa shape index (κ2) is 15.2. The van der Waals surface area contributed by atoms with Gasteiger partial charge in [-0.15, -0.1) is 0 Å². The van der Waals surface area contributed by atoms with Crippen molar-refractivity contribution in [2.24, 2.45) is 0 Å². The number of hydrogen-bond donors (Lipinski definition) is 1. The largest absolute Gasteiger partial charge is 0.495 e. The predicted molar refractivity (Wildman–Crippen MR) is 181 cm³/mol. The van der Waals surface area contributed by atoms with Crippen LogP contribution in [0.4, 0.5) is 40.8 Å². The maximum absolute atomic E-state index is 15.1. The third-order valence-corrected chi connectivity index (χ3v) is 10.6. The summed E-state index contributed by atoms with van der Waals surface area (Å²) in [6, 6.07) is 11.2. The van der Waals surface area contributed by atoms with Crippen LogP contribution in [0.2, 0.25) is 0 Å². The molecular weight excluding hydrogens is 766 g/mol. The van der Waals surface area contributed by atoms with Gasteiger partial charge in [0.15, 0.2) is 28.2 Å².